The lowest BCUT2D eigenvalue weighted by molar-refractivity contribution is -0.139. The summed E-state index contributed by atoms with van der Waals surface area (Å²) >= 11 is 6.61. The van der Waals surface area contributed by atoms with E-state index in [1.54, 1.807) is 0 Å². The lowest BCUT2D eigenvalue weighted by Gasteiger charge is -2.16. The number of hydrogen-bond acceptors (Lipinski definition) is 2. The predicted octanol–water partition coefficient (Wildman–Crippen LogP) is 4.64. The lowest BCUT2D eigenvalue weighted by Crippen LogP contribution is -2.12. The summed E-state index contributed by atoms with van der Waals surface area (Å²) < 4.78 is 51.9. The van der Waals surface area contributed by atoms with E-state index in [0.717, 1.165) is 11.3 Å². The molecule has 0 aliphatic carbocycles. The summed E-state index contributed by atoms with van der Waals surface area (Å²) in [7, 11) is 0. The fraction of sp³-hybridized carbons (Fsp3) is 0.167. The Morgan fingerprint density at radius 2 is 1.84 bits per heavy atom. The first-order chi connectivity index (χ1) is 8.79. The number of halogens is 5. The first kappa shape index (κ1) is 14.3. The van der Waals surface area contributed by atoms with Crippen molar-refractivity contribution in [2.24, 2.45) is 0 Å². The number of alkyl halides is 3. The summed E-state index contributed by atoms with van der Waals surface area (Å²) in [6.07, 6.45) is -6.23. The Kier molecular flexibility index (Phi) is 3.85. The van der Waals surface area contributed by atoms with Crippen LogP contribution in [-0.4, -0.2) is 5.11 Å². The second kappa shape index (κ2) is 5.11. The number of hydrogen-bond donors (Lipinski definition) is 1. The molecule has 1 N–H and O–H groups in total. The highest BCUT2D eigenvalue weighted by molar-refractivity contribution is 7.16. The first-order valence-corrected chi connectivity index (χ1v) is 6.28. The van der Waals surface area contributed by atoms with Gasteiger partial charge in [0, 0.05) is 10.4 Å². The molecule has 0 fully saturated rings. The highest BCUT2D eigenvalue weighted by Gasteiger charge is 2.35. The molecule has 1 atom stereocenters. The summed E-state index contributed by atoms with van der Waals surface area (Å²) in [5.41, 5.74) is -1.59. The zero-order valence-corrected chi connectivity index (χ0v) is 10.8. The van der Waals surface area contributed by atoms with E-state index in [4.69, 9.17) is 11.6 Å². The Hall–Kier alpha value is -1.11. The van der Waals surface area contributed by atoms with Crippen LogP contribution in [0.1, 0.15) is 22.1 Å². The largest absolute Gasteiger partial charge is 0.416 e. The van der Waals surface area contributed by atoms with Gasteiger partial charge in [-0.3, -0.25) is 0 Å². The molecule has 0 saturated carbocycles. The maximum atomic E-state index is 13.1. The van der Waals surface area contributed by atoms with Crippen LogP contribution in [-0.2, 0) is 6.18 Å². The van der Waals surface area contributed by atoms with Gasteiger partial charge in [0.05, 0.1) is 9.90 Å². The molecule has 19 heavy (non-hydrogen) atoms. The van der Waals surface area contributed by atoms with E-state index >= 15 is 0 Å². The van der Waals surface area contributed by atoms with Gasteiger partial charge in [0.1, 0.15) is 11.9 Å². The third-order valence-corrected chi connectivity index (χ3v) is 3.76. The number of benzene rings is 1. The van der Waals surface area contributed by atoms with Crippen molar-refractivity contribution in [2.45, 2.75) is 12.3 Å². The molecular formula is C12H7ClF4OS. The van der Waals surface area contributed by atoms with Crippen LogP contribution in [0, 0.1) is 5.82 Å². The van der Waals surface area contributed by atoms with Gasteiger partial charge in [-0.1, -0.05) is 11.6 Å². The van der Waals surface area contributed by atoms with E-state index in [2.05, 4.69) is 0 Å². The average molecular weight is 311 g/mol. The Bertz CT molecular complexity index is 594. The summed E-state index contributed by atoms with van der Waals surface area (Å²) in [6, 6.07) is 4.87. The van der Waals surface area contributed by atoms with Crippen molar-refractivity contribution in [1.29, 1.82) is 0 Å². The zero-order chi connectivity index (χ0) is 14.2. The van der Waals surface area contributed by atoms with Gasteiger partial charge in [-0.15, -0.1) is 11.3 Å². The number of aliphatic hydroxyl groups excluding tert-OH is 1. The quantitative estimate of drug-likeness (QED) is 0.801. The molecule has 2 aromatic rings. The first-order valence-electron chi connectivity index (χ1n) is 5.09. The molecule has 1 heterocycles. The van der Waals surface area contributed by atoms with Crippen molar-refractivity contribution in [1.82, 2.24) is 0 Å². The van der Waals surface area contributed by atoms with E-state index in [0.29, 0.717) is 22.5 Å². The molecular weight excluding hydrogens is 304 g/mol. The highest BCUT2D eigenvalue weighted by Crippen LogP contribution is 2.39. The minimum atomic E-state index is -4.66. The monoisotopic (exact) mass is 310 g/mol. The van der Waals surface area contributed by atoms with Crippen molar-refractivity contribution in [3.05, 3.63) is 56.5 Å². The second-order valence-corrected chi connectivity index (χ2v) is 5.52. The topological polar surface area (TPSA) is 20.2 Å². The van der Waals surface area contributed by atoms with Crippen LogP contribution in [0.15, 0.2) is 30.3 Å². The third-order valence-electron chi connectivity index (χ3n) is 2.48. The molecule has 0 radical (unpaired) electrons. The van der Waals surface area contributed by atoms with Crippen molar-refractivity contribution in [3.63, 3.8) is 0 Å². The van der Waals surface area contributed by atoms with E-state index in [1.807, 2.05) is 0 Å². The van der Waals surface area contributed by atoms with Crippen LogP contribution < -0.4 is 0 Å². The van der Waals surface area contributed by atoms with Gasteiger partial charge < -0.3 is 5.11 Å². The number of thiophene rings is 1. The molecule has 0 spiro atoms. The normalized spacial score (nSPS) is 13.6. The molecule has 1 aromatic heterocycles. The average Bonchev–Trinajstić information content (AvgIpc) is 2.73. The Morgan fingerprint density at radius 3 is 2.37 bits per heavy atom. The zero-order valence-electron chi connectivity index (χ0n) is 9.21. The van der Waals surface area contributed by atoms with E-state index in [9.17, 15) is 22.7 Å². The fourth-order valence-corrected chi connectivity index (χ4v) is 2.71. The third kappa shape index (κ3) is 3.08. The smallest absolute Gasteiger partial charge is 0.383 e. The lowest BCUT2D eigenvalue weighted by atomic mass is 10.0. The number of rotatable bonds is 2. The Morgan fingerprint density at radius 1 is 1.16 bits per heavy atom. The van der Waals surface area contributed by atoms with Crippen LogP contribution in [0.4, 0.5) is 17.6 Å². The van der Waals surface area contributed by atoms with Crippen molar-refractivity contribution in [2.75, 3.05) is 0 Å². The van der Waals surface area contributed by atoms with E-state index in [-0.39, 0.29) is 4.88 Å². The van der Waals surface area contributed by atoms with Crippen molar-refractivity contribution < 1.29 is 22.7 Å². The maximum absolute atomic E-state index is 13.1. The molecule has 2 rings (SSSR count). The molecule has 1 aromatic carbocycles. The second-order valence-electron chi connectivity index (χ2n) is 3.77. The van der Waals surface area contributed by atoms with Gasteiger partial charge in [-0.05, 0) is 30.3 Å². The van der Waals surface area contributed by atoms with E-state index < -0.39 is 29.2 Å². The predicted molar refractivity (Wildman–Crippen MR) is 64.8 cm³/mol. The molecule has 0 bridgehead atoms. The minimum Gasteiger partial charge on any atom is -0.383 e. The SMILES string of the molecule is OC(c1ccc(Cl)s1)c1cc(F)ccc1C(F)(F)F. The van der Waals surface area contributed by atoms with Crippen LogP contribution in [0.2, 0.25) is 4.34 Å². The molecule has 0 aliphatic heterocycles. The van der Waals surface area contributed by atoms with Gasteiger partial charge in [0.25, 0.3) is 0 Å². The number of aliphatic hydroxyl groups is 1. The van der Waals surface area contributed by atoms with Gasteiger partial charge in [-0.25, -0.2) is 4.39 Å². The van der Waals surface area contributed by atoms with Crippen LogP contribution in [0.3, 0.4) is 0 Å². The fourth-order valence-electron chi connectivity index (χ4n) is 1.65. The molecule has 0 amide bonds. The summed E-state index contributed by atoms with van der Waals surface area (Å²) in [4.78, 5) is 0.223. The Balaban J connectivity index is 2.51. The van der Waals surface area contributed by atoms with Crippen LogP contribution in [0.5, 0.6) is 0 Å². The van der Waals surface area contributed by atoms with Gasteiger partial charge in [-0.2, -0.15) is 13.2 Å². The van der Waals surface area contributed by atoms with Crippen molar-refractivity contribution in [3.8, 4) is 0 Å². The molecule has 7 heteroatoms. The van der Waals surface area contributed by atoms with E-state index in [1.165, 1.54) is 12.1 Å². The molecule has 1 nitrogen and oxygen atoms in total. The molecule has 102 valence electrons. The van der Waals surface area contributed by atoms with Crippen molar-refractivity contribution >= 4 is 22.9 Å². The summed E-state index contributed by atoms with van der Waals surface area (Å²) in [5, 5.41) is 9.96. The summed E-state index contributed by atoms with van der Waals surface area (Å²) in [6.45, 7) is 0. The molecule has 0 aliphatic rings. The van der Waals surface area contributed by atoms with Gasteiger partial charge in [0.15, 0.2) is 0 Å². The van der Waals surface area contributed by atoms with Crippen LogP contribution >= 0.6 is 22.9 Å². The highest BCUT2D eigenvalue weighted by atomic mass is 35.5. The standard InChI is InChI=1S/C12H7ClF4OS/c13-10-4-3-9(19-10)11(18)7-5-6(14)1-2-8(7)12(15,16)17/h1-5,11,18H. The van der Waals surface area contributed by atoms with Gasteiger partial charge >= 0.3 is 6.18 Å². The minimum absolute atomic E-state index is 0.223. The maximum Gasteiger partial charge on any atom is 0.416 e. The molecule has 1 unspecified atom stereocenters. The van der Waals surface area contributed by atoms with Crippen LogP contribution in [0.25, 0.3) is 0 Å². The van der Waals surface area contributed by atoms with Gasteiger partial charge in [0.2, 0.25) is 0 Å². The molecule has 0 saturated heterocycles. The Labute approximate surface area is 115 Å². The summed E-state index contributed by atoms with van der Waals surface area (Å²) in [5.74, 6) is -0.843.